The van der Waals surface area contributed by atoms with Crippen LogP contribution in [0, 0.1) is 5.92 Å². The van der Waals surface area contributed by atoms with Gasteiger partial charge in [-0.05, 0) is 31.5 Å². The Morgan fingerprint density at radius 3 is 3.19 bits per heavy atom. The van der Waals surface area contributed by atoms with Gasteiger partial charge in [-0.1, -0.05) is 6.07 Å². The molecule has 1 aromatic rings. The second kappa shape index (κ2) is 5.07. The van der Waals surface area contributed by atoms with Crippen molar-refractivity contribution in [3.8, 4) is 0 Å². The van der Waals surface area contributed by atoms with Crippen molar-refractivity contribution in [1.29, 1.82) is 0 Å². The van der Waals surface area contributed by atoms with Gasteiger partial charge in [0.1, 0.15) is 0 Å². The Morgan fingerprint density at radius 2 is 2.56 bits per heavy atom. The average molecular weight is 219 g/mol. The summed E-state index contributed by atoms with van der Waals surface area (Å²) >= 11 is 0. The van der Waals surface area contributed by atoms with E-state index in [2.05, 4.69) is 22.5 Å². The van der Waals surface area contributed by atoms with Crippen molar-refractivity contribution in [2.45, 2.75) is 25.9 Å². The van der Waals surface area contributed by atoms with Gasteiger partial charge < -0.3 is 10.6 Å². The van der Waals surface area contributed by atoms with Crippen molar-refractivity contribution >= 4 is 5.91 Å². The largest absolute Gasteiger partial charge is 0.352 e. The van der Waals surface area contributed by atoms with E-state index in [1.54, 1.807) is 12.4 Å². The number of nitrogens with one attached hydrogen (secondary N) is 2. The van der Waals surface area contributed by atoms with E-state index in [0.29, 0.717) is 6.54 Å². The quantitative estimate of drug-likeness (QED) is 0.786. The topological polar surface area (TPSA) is 54.0 Å². The molecule has 0 aliphatic carbocycles. The molecule has 0 bridgehead atoms. The van der Waals surface area contributed by atoms with Crippen LogP contribution in [0.3, 0.4) is 0 Å². The lowest BCUT2D eigenvalue weighted by molar-refractivity contribution is -0.125. The average Bonchev–Trinajstić information content (AvgIpc) is 2.74. The van der Waals surface area contributed by atoms with Crippen LogP contribution < -0.4 is 10.6 Å². The lowest BCUT2D eigenvalue weighted by Crippen LogP contribution is -2.36. The minimum Gasteiger partial charge on any atom is -0.352 e. The standard InChI is InChI=1S/C12H17N3O/c1-9-11(4-6-14-9)12(16)15-8-10-3-2-5-13-7-10/h2-3,5,7,9,11,14H,4,6,8H2,1H3,(H,15,16). The molecule has 1 saturated heterocycles. The van der Waals surface area contributed by atoms with E-state index in [-0.39, 0.29) is 17.9 Å². The van der Waals surface area contributed by atoms with E-state index < -0.39 is 0 Å². The van der Waals surface area contributed by atoms with Crippen LogP contribution in [0.15, 0.2) is 24.5 Å². The molecule has 0 saturated carbocycles. The lowest BCUT2D eigenvalue weighted by Gasteiger charge is -2.14. The summed E-state index contributed by atoms with van der Waals surface area (Å²) in [6.07, 6.45) is 4.44. The van der Waals surface area contributed by atoms with E-state index in [1.165, 1.54) is 0 Å². The van der Waals surface area contributed by atoms with Crippen molar-refractivity contribution in [3.63, 3.8) is 0 Å². The van der Waals surface area contributed by atoms with Crippen molar-refractivity contribution < 1.29 is 4.79 Å². The second-order valence-corrected chi connectivity index (χ2v) is 4.22. The van der Waals surface area contributed by atoms with Crippen molar-refractivity contribution in [1.82, 2.24) is 15.6 Å². The zero-order chi connectivity index (χ0) is 11.4. The fourth-order valence-corrected chi connectivity index (χ4v) is 2.04. The number of carbonyl (C=O) groups excluding carboxylic acids is 1. The van der Waals surface area contributed by atoms with Gasteiger partial charge in [-0.2, -0.15) is 0 Å². The fraction of sp³-hybridized carbons (Fsp3) is 0.500. The monoisotopic (exact) mass is 219 g/mol. The first kappa shape index (κ1) is 11.1. The molecule has 4 nitrogen and oxygen atoms in total. The molecule has 4 heteroatoms. The molecule has 2 unspecified atom stereocenters. The number of hydrogen-bond donors (Lipinski definition) is 2. The minimum absolute atomic E-state index is 0.108. The number of carbonyl (C=O) groups is 1. The summed E-state index contributed by atoms with van der Waals surface area (Å²) in [5.74, 6) is 0.248. The molecule has 2 N–H and O–H groups in total. The van der Waals surface area contributed by atoms with Gasteiger partial charge in [-0.25, -0.2) is 0 Å². The molecular formula is C12H17N3O. The van der Waals surface area contributed by atoms with Crippen molar-refractivity contribution in [2.24, 2.45) is 5.92 Å². The first-order valence-corrected chi connectivity index (χ1v) is 5.67. The number of rotatable bonds is 3. The van der Waals surface area contributed by atoms with E-state index in [9.17, 15) is 4.79 Å². The van der Waals surface area contributed by atoms with Gasteiger partial charge in [0, 0.05) is 25.0 Å². The molecule has 1 amide bonds. The molecule has 2 atom stereocenters. The molecule has 16 heavy (non-hydrogen) atoms. The smallest absolute Gasteiger partial charge is 0.224 e. The number of nitrogens with zero attached hydrogens (tertiary/aromatic N) is 1. The highest BCUT2D eigenvalue weighted by Crippen LogP contribution is 2.15. The molecule has 1 aliphatic rings. The number of aromatic nitrogens is 1. The Bertz CT molecular complexity index is 353. The summed E-state index contributed by atoms with van der Waals surface area (Å²) in [5, 5.41) is 6.23. The Hall–Kier alpha value is -1.42. The molecule has 1 aliphatic heterocycles. The van der Waals surface area contributed by atoms with Gasteiger partial charge in [-0.3, -0.25) is 9.78 Å². The summed E-state index contributed by atoms with van der Waals surface area (Å²) in [6, 6.07) is 4.12. The van der Waals surface area contributed by atoms with Gasteiger partial charge in [-0.15, -0.1) is 0 Å². The molecule has 1 aromatic heterocycles. The van der Waals surface area contributed by atoms with Gasteiger partial charge in [0.05, 0.1) is 5.92 Å². The van der Waals surface area contributed by atoms with E-state index in [4.69, 9.17) is 0 Å². The molecule has 2 heterocycles. The van der Waals surface area contributed by atoms with Gasteiger partial charge in [0.25, 0.3) is 0 Å². The third-order valence-electron chi connectivity index (χ3n) is 3.05. The highest BCUT2D eigenvalue weighted by Gasteiger charge is 2.28. The molecule has 1 fully saturated rings. The zero-order valence-corrected chi connectivity index (χ0v) is 9.44. The Kier molecular flexibility index (Phi) is 3.51. The third-order valence-corrected chi connectivity index (χ3v) is 3.05. The third kappa shape index (κ3) is 2.58. The number of pyridine rings is 1. The van der Waals surface area contributed by atoms with E-state index in [0.717, 1.165) is 18.5 Å². The van der Waals surface area contributed by atoms with Crippen LogP contribution in [-0.4, -0.2) is 23.5 Å². The lowest BCUT2D eigenvalue weighted by atomic mass is 10.0. The molecule has 2 rings (SSSR count). The van der Waals surface area contributed by atoms with Gasteiger partial charge >= 0.3 is 0 Å². The van der Waals surface area contributed by atoms with Crippen molar-refractivity contribution in [3.05, 3.63) is 30.1 Å². The molecule has 0 aromatic carbocycles. The zero-order valence-electron chi connectivity index (χ0n) is 9.44. The van der Waals surface area contributed by atoms with Crippen LogP contribution in [0.2, 0.25) is 0 Å². The van der Waals surface area contributed by atoms with Crippen LogP contribution >= 0.6 is 0 Å². The maximum absolute atomic E-state index is 11.9. The summed E-state index contributed by atoms with van der Waals surface area (Å²) in [4.78, 5) is 15.9. The molecule has 0 spiro atoms. The number of hydrogen-bond acceptors (Lipinski definition) is 3. The van der Waals surface area contributed by atoms with E-state index >= 15 is 0 Å². The second-order valence-electron chi connectivity index (χ2n) is 4.22. The summed E-state index contributed by atoms with van der Waals surface area (Å²) in [7, 11) is 0. The SMILES string of the molecule is CC1NCCC1C(=O)NCc1cccnc1. The summed E-state index contributed by atoms with van der Waals surface area (Å²) in [6.45, 7) is 3.56. The van der Waals surface area contributed by atoms with E-state index in [1.807, 2.05) is 12.1 Å². The number of amides is 1. The summed E-state index contributed by atoms with van der Waals surface area (Å²) < 4.78 is 0. The Morgan fingerprint density at radius 1 is 1.69 bits per heavy atom. The highest BCUT2D eigenvalue weighted by atomic mass is 16.1. The van der Waals surface area contributed by atoms with Crippen LogP contribution in [0.4, 0.5) is 0 Å². The Labute approximate surface area is 95.5 Å². The van der Waals surface area contributed by atoms with Gasteiger partial charge in [0.2, 0.25) is 5.91 Å². The fourth-order valence-electron chi connectivity index (χ4n) is 2.04. The first-order chi connectivity index (χ1) is 7.77. The molecule has 86 valence electrons. The highest BCUT2D eigenvalue weighted by molar-refractivity contribution is 5.79. The maximum atomic E-state index is 11.9. The van der Waals surface area contributed by atoms with Crippen LogP contribution in [0.25, 0.3) is 0 Å². The first-order valence-electron chi connectivity index (χ1n) is 5.67. The predicted molar refractivity (Wildman–Crippen MR) is 61.7 cm³/mol. The van der Waals surface area contributed by atoms with Crippen LogP contribution in [0.1, 0.15) is 18.9 Å². The summed E-state index contributed by atoms with van der Waals surface area (Å²) in [5.41, 5.74) is 1.04. The molecular weight excluding hydrogens is 202 g/mol. The molecule has 0 radical (unpaired) electrons. The predicted octanol–water partition coefficient (Wildman–Crippen LogP) is 0.696. The normalized spacial score (nSPS) is 24.3. The van der Waals surface area contributed by atoms with Gasteiger partial charge in [0.15, 0.2) is 0 Å². The Balaban J connectivity index is 1.84. The minimum atomic E-state index is 0.108. The van der Waals surface area contributed by atoms with Crippen molar-refractivity contribution in [2.75, 3.05) is 6.54 Å². The maximum Gasteiger partial charge on any atom is 0.224 e. The van der Waals surface area contributed by atoms with Crippen LogP contribution in [-0.2, 0) is 11.3 Å². The van der Waals surface area contributed by atoms with Crippen LogP contribution in [0.5, 0.6) is 0 Å².